The summed E-state index contributed by atoms with van der Waals surface area (Å²) in [5, 5.41) is 1.34. The summed E-state index contributed by atoms with van der Waals surface area (Å²) in [6.45, 7) is 0. The predicted octanol–water partition coefficient (Wildman–Crippen LogP) is 3.11. The van der Waals surface area contributed by atoms with Gasteiger partial charge in [0.25, 0.3) is 0 Å². The molecule has 11 heavy (non-hydrogen) atoms. The van der Waals surface area contributed by atoms with Crippen LogP contribution in [-0.2, 0) is 0 Å². The summed E-state index contributed by atoms with van der Waals surface area (Å²) >= 11 is 6.27. The minimum atomic E-state index is -0.351. The standard InChI is InChI=1S/C9H10ClP/c10-11(9-6-7-9)8-4-2-1-3-5-8/h1-5,9H,6-7H2. The van der Waals surface area contributed by atoms with Gasteiger partial charge in [-0.05, 0) is 23.8 Å². The van der Waals surface area contributed by atoms with Crippen molar-refractivity contribution in [2.75, 3.05) is 0 Å². The fourth-order valence-electron chi connectivity index (χ4n) is 1.08. The molecular formula is C9H10ClP. The highest BCUT2D eigenvalue weighted by molar-refractivity contribution is 7.90. The molecule has 1 aromatic carbocycles. The van der Waals surface area contributed by atoms with E-state index in [0.717, 1.165) is 5.66 Å². The smallest absolute Gasteiger partial charge is 0.0244 e. The Balaban J connectivity index is 2.15. The SMILES string of the molecule is ClP(c1ccccc1)C1CC1. The molecule has 0 aromatic heterocycles. The van der Waals surface area contributed by atoms with Gasteiger partial charge in [-0.25, -0.2) is 0 Å². The molecule has 1 fully saturated rings. The van der Waals surface area contributed by atoms with Crippen molar-refractivity contribution in [3.8, 4) is 0 Å². The molecule has 0 aliphatic heterocycles. The van der Waals surface area contributed by atoms with Crippen LogP contribution in [0.2, 0.25) is 0 Å². The molecule has 0 amide bonds. The molecule has 1 saturated carbocycles. The maximum Gasteiger partial charge on any atom is 0.0244 e. The molecule has 2 rings (SSSR count). The van der Waals surface area contributed by atoms with Crippen LogP contribution < -0.4 is 5.30 Å². The van der Waals surface area contributed by atoms with Crippen LogP contribution in [0.1, 0.15) is 12.8 Å². The van der Waals surface area contributed by atoms with E-state index in [0.29, 0.717) is 0 Å². The molecule has 2 heteroatoms. The van der Waals surface area contributed by atoms with E-state index in [1.807, 2.05) is 6.07 Å². The minimum Gasteiger partial charge on any atom is -0.0909 e. The lowest BCUT2D eigenvalue weighted by molar-refractivity contribution is 1.50. The van der Waals surface area contributed by atoms with E-state index in [1.165, 1.54) is 18.1 Å². The minimum absolute atomic E-state index is 0.351. The van der Waals surface area contributed by atoms with Gasteiger partial charge in [-0.15, -0.1) is 0 Å². The van der Waals surface area contributed by atoms with Gasteiger partial charge < -0.3 is 0 Å². The van der Waals surface area contributed by atoms with Gasteiger partial charge in [0.15, 0.2) is 0 Å². The van der Waals surface area contributed by atoms with E-state index in [-0.39, 0.29) is 7.27 Å². The third-order valence-electron chi connectivity index (χ3n) is 1.87. The third kappa shape index (κ3) is 1.75. The van der Waals surface area contributed by atoms with Crippen LogP contribution in [0.3, 0.4) is 0 Å². The molecule has 0 nitrogen and oxygen atoms in total. The Morgan fingerprint density at radius 2 is 1.82 bits per heavy atom. The summed E-state index contributed by atoms with van der Waals surface area (Å²) in [5.74, 6) is 0. The lowest BCUT2D eigenvalue weighted by atomic mass is 10.4. The summed E-state index contributed by atoms with van der Waals surface area (Å²) in [5.41, 5.74) is 0.814. The van der Waals surface area contributed by atoms with Crippen LogP contribution in [0.5, 0.6) is 0 Å². The van der Waals surface area contributed by atoms with Gasteiger partial charge in [-0.3, -0.25) is 0 Å². The van der Waals surface area contributed by atoms with Gasteiger partial charge in [-0.1, -0.05) is 41.6 Å². The molecule has 1 atom stereocenters. The third-order valence-corrected chi connectivity index (χ3v) is 5.23. The first-order chi connectivity index (χ1) is 5.38. The Labute approximate surface area is 73.1 Å². The van der Waals surface area contributed by atoms with Gasteiger partial charge >= 0.3 is 0 Å². The zero-order valence-electron chi connectivity index (χ0n) is 6.20. The second-order valence-electron chi connectivity index (χ2n) is 2.88. The Morgan fingerprint density at radius 1 is 1.18 bits per heavy atom. The maximum atomic E-state index is 6.27. The predicted molar refractivity (Wildman–Crippen MR) is 51.9 cm³/mol. The van der Waals surface area contributed by atoms with Gasteiger partial charge in [0.2, 0.25) is 0 Å². The summed E-state index contributed by atoms with van der Waals surface area (Å²) in [4.78, 5) is 0. The first-order valence-corrected chi connectivity index (χ1v) is 6.19. The lowest BCUT2D eigenvalue weighted by Crippen LogP contribution is -1.97. The molecule has 1 aromatic rings. The van der Waals surface area contributed by atoms with Crippen molar-refractivity contribution in [2.45, 2.75) is 18.5 Å². The molecule has 1 aliphatic rings. The van der Waals surface area contributed by atoms with E-state index in [2.05, 4.69) is 24.3 Å². The van der Waals surface area contributed by atoms with Crippen LogP contribution in [-0.4, -0.2) is 5.66 Å². The van der Waals surface area contributed by atoms with E-state index in [1.54, 1.807) is 0 Å². The van der Waals surface area contributed by atoms with Crippen molar-refractivity contribution in [1.82, 2.24) is 0 Å². The monoisotopic (exact) mass is 184 g/mol. The average Bonchev–Trinajstić information content (AvgIpc) is 2.87. The van der Waals surface area contributed by atoms with Crippen molar-refractivity contribution in [2.24, 2.45) is 0 Å². The van der Waals surface area contributed by atoms with Crippen LogP contribution >= 0.6 is 18.5 Å². The van der Waals surface area contributed by atoms with Gasteiger partial charge in [-0.2, -0.15) is 0 Å². The van der Waals surface area contributed by atoms with Crippen LogP contribution in [0.4, 0.5) is 0 Å². The highest BCUT2D eigenvalue weighted by Crippen LogP contribution is 2.56. The molecule has 58 valence electrons. The van der Waals surface area contributed by atoms with Crippen molar-refractivity contribution in [3.63, 3.8) is 0 Å². The quantitative estimate of drug-likeness (QED) is 0.620. The van der Waals surface area contributed by atoms with Crippen molar-refractivity contribution < 1.29 is 0 Å². The van der Waals surface area contributed by atoms with Crippen molar-refractivity contribution in [1.29, 1.82) is 0 Å². The molecular weight excluding hydrogens is 175 g/mol. The van der Waals surface area contributed by atoms with Gasteiger partial charge in [0.05, 0.1) is 0 Å². The first kappa shape index (κ1) is 7.58. The molecule has 1 aliphatic carbocycles. The fraction of sp³-hybridized carbons (Fsp3) is 0.333. The second-order valence-corrected chi connectivity index (χ2v) is 5.84. The van der Waals surface area contributed by atoms with Crippen LogP contribution in [0, 0.1) is 0 Å². The zero-order valence-corrected chi connectivity index (χ0v) is 7.85. The molecule has 0 heterocycles. The highest BCUT2D eigenvalue weighted by Gasteiger charge is 2.30. The number of rotatable bonds is 2. The Hall–Kier alpha value is -0.0600. The first-order valence-electron chi connectivity index (χ1n) is 3.88. The summed E-state index contributed by atoms with van der Waals surface area (Å²) in [6, 6.07) is 10.4. The van der Waals surface area contributed by atoms with Gasteiger partial charge in [0.1, 0.15) is 0 Å². The van der Waals surface area contributed by atoms with Crippen LogP contribution in [0.15, 0.2) is 30.3 Å². The van der Waals surface area contributed by atoms with E-state index in [4.69, 9.17) is 11.2 Å². The molecule has 0 radical (unpaired) electrons. The normalized spacial score (nSPS) is 19.7. The number of halogens is 1. The molecule has 0 N–H and O–H groups in total. The van der Waals surface area contributed by atoms with E-state index < -0.39 is 0 Å². The van der Waals surface area contributed by atoms with Crippen molar-refractivity contribution in [3.05, 3.63) is 30.3 Å². The summed E-state index contributed by atoms with van der Waals surface area (Å²) < 4.78 is 0. The topological polar surface area (TPSA) is 0 Å². The Morgan fingerprint density at radius 3 is 2.36 bits per heavy atom. The second kappa shape index (κ2) is 3.13. The largest absolute Gasteiger partial charge is 0.0909 e. The maximum absolute atomic E-state index is 6.27. The fourth-order valence-corrected chi connectivity index (χ4v) is 3.49. The number of benzene rings is 1. The number of hydrogen-bond donors (Lipinski definition) is 0. The number of hydrogen-bond acceptors (Lipinski definition) is 0. The summed E-state index contributed by atoms with van der Waals surface area (Å²) in [6.07, 6.45) is 2.67. The van der Waals surface area contributed by atoms with Crippen molar-refractivity contribution >= 4 is 23.8 Å². The lowest BCUT2D eigenvalue weighted by Gasteiger charge is -2.06. The Bertz CT molecular complexity index is 231. The Kier molecular flexibility index (Phi) is 2.16. The van der Waals surface area contributed by atoms with E-state index >= 15 is 0 Å². The van der Waals surface area contributed by atoms with Crippen LogP contribution in [0.25, 0.3) is 0 Å². The molecule has 1 unspecified atom stereocenters. The van der Waals surface area contributed by atoms with Gasteiger partial charge in [0, 0.05) is 7.27 Å². The summed E-state index contributed by atoms with van der Waals surface area (Å²) in [7, 11) is -0.351. The zero-order chi connectivity index (χ0) is 7.68. The molecule has 0 spiro atoms. The van der Waals surface area contributed by atoms with E-state index in [9.17, 15) is 0 Å². The highest BCUT2D eigenvalue weighted by atomic mass is 35.7. The average molecular weight is 185 g/mol. The molecule has 0 saturated heterocycles. The molecule has 0 bridgehead atoms.